The van der Waals surface area contributed by atoms with Crippen molar-refractivity contribution in [2.75, 3.05) is 31.1 Å². The van der Waals surface area contributed by atoms with Crippen molar-refractivity contribution < 1.29 is 14.4 Å². The summed E-state index contributed by atoms with van der Waals surface area (Å²) < 4.78 is 1.14. The standard InChI is InChI=1S/C24H24N6O3S/c31-20-4-3-19(23(32)27-20)30-13-16-11-15(1-2-17(16)24(30)33)12-28-6-8-29(9-7-28)22-21-18(5-10-34-21)25-14-26-22/h1-2,5,10-11,14,19H,3-4,6-9,12-13H2,(H,27,31,32). The van der Waals surface area contributed by atoms with Crippen LogP contribution in [0.1, 0.15) is 34.3 Å². The third-order valence-electron chi connectivity index (χ3n) is 6.89. The summed E-state index contributed by atoms with van der Waals surface area (Å²) in [6, 6.07) is 7.43. The molecule has 2 fully saturated rings. The molecule has 3 aliphatic heterocycles. The summed E-state index contributed by atoms with van der Waals surface area (Å²) >= 11 is 1.68. The molecule has 1 aromatic carbocycles. The van der Waals surface area contributed by atoms with E-state index in [4.69, 9.17) is 0 Å². The molecule has 0 spiro atoms. The normalized spacial score (nSPS) is 21.3. The molecule has 10 heteroatoms. The molecule has 3 amide bonds. The highest BCUT2D eigenvalue weighted by atomic mass is 32.1. The van der Waals surface area contributed by atoms with Crippen LogP contribution in [0.4, 0.5) is 5.82 Å². The molecule has 0 aliphatic carbocycles. The van der Waals surface area contributed by atoms with E-state index >= 15 is 0 Å². The zero-order valence-corrected chi connectivity index (χ0v) is 19.4. The number of piperidine rings is 1. The summed E-state index contributed by atoms with van der Waals surface area (Å²) in [6.45, 7) is 4.87. The Hall–Kier alpha value is -3.37. The minimum Gasteiger partial charge on any atom is -0.353 e. The predicted molar refractivity (Wildman–Crippen MR) is 127 cm³/mol. The lowest BCUT2D eigenvalue weighted by Gasteiger charge is -2.35. The average Bonchev–Trinajstić information content (AvgIpc) is 3.44. The van der Waals surface area contributed by atoms with Crippen molar-refractivity contribution in [3.63, 3.8) is 0 Å². The van der Waals surface area contributed by atoms with Crippen LogP contribution in [-0.2, 0) is 22.7 Å². The van der Waals surface area contributed by atoms with Crippen molar-refractivity contribution >= 4 is 45.1 Å². The van der Waals surface area contributed by atoms with Crippen LogP contribution in [0.15, 0.2) is 36.0 Å². The SMILES string of the molecule is O=C1CCC(N2Cc3cc(CN4CCN(c5ncnc6ccsc56)CC4)ccc3C2=O)C(=O)N1. The number of hydrogen-bond acceptors (Lipinski definition) is 8. The summed E-state index contributed by atoms with van der Waals surface area (Å²) in [7, 11) is 0. The maximum absolute atomic E-state index is 12.9. The van der Waals surface area contributed by atoms with Gasteiger partial charge in [0.05, 0.1) is 10.2 Å². The number of nitrogens with one attached hydrogen (secondary N) is 1. The minimum atomic E-state index is -0.578. The zero-order valence-electron chi connectivity index (χ0n) is 18.6. The molecular weight excluding hydrogens is 452 g/mol. The number of nitrogens with zero attached hydrogens (tertiary/aromatic N) is 5. The molecule has 0 saturated carbocycles. The molecule has 1 atom stereocenters. The fraction of sp³-hybridized carbons (Fsp3) is 0.375. The van der Waals surface area contributed by atoms with Crippen LogP contribution in [-0.4, -0.2) is 69.7 Å². The molecule has 1 N–H and O–H groups in total. The number of piperazine rings is 1. The van der Waals surface area contributed by atoms with Crippen molar-refractivity contribution in [3.8, 4) is 0 Å². The highest BCUT2D eigenvalue weighted by Gasteiger charge is 2.39. The number of hydrogen-bond donors (Lipinski definition) is 1. The third-order valence-corrected chi connectivity index (χ3v) is 7.79. The van der Waals surface area contributed by atoms with E-state index in [9.17, 15) is 14.4 Å². The first-order chi connectivity index (χ1) is 16.6. The van der Waals surface area contributed by atoms with E-state index in [1.807, 2.05) is 18.2 Å². The van der Waals surface area contributed by atoms with Gasteiger partial charge in [-0.15, -0.1) is 11.3 Å². The molecule has 34 heavy (non-hydrogen) atoms. The van der Waals surface area contributed by atoms with Gasteiger partial charge in [0.15, 0.2) is 0 Å². The lowest BCUT2D eigenvalue weighted by molar-refractivity contribution is -0.136. The highest BCUT2D eigenvalue weighted by Crippen LogP contribution is 2.30. The number of benzene rings is 1. The van der Waals surface area contributed by atoms with E-state index < -0.39 is 6.04 Å². The molecule has 0 bridgehead atoms. The Labute approximate surface area is 200 Å². The number of thiophene rings is 1. The van der Waals surface area contributed by atoms with Crippen LogP contribution < -0.4 is 10.2 Å². The Morgan fingerprint density at radius 1 is 1.06 bits per heavy atom. The second kappa shape index (κ2) is 8.44. The number of aromatic nitrogens is 2. The van der Waals surface area contributed by atoms with E-state index in [-0.39, 0.29) is 24.1 Å². The molecular formula is C24H24N6O3S. The number of carbonyl (C=O) groups is 3. The van der Waals surface area contributed by atoms with E-state index in [1.54, 1.807) is 22.6 Å². The number of imide groups is 1. The molecule has 0 radical (unpaired) electrons. The van der Waals surface area contributed by atoms with E-state index in [0.29, 0.717) is 18.5 Å². The van der Waals surface area contributed by atoms with Crippen LogP contribution in [0, 0.1) is 0 Å². The molecule has 174 valence electrons. The fourth-order valence-corrected chi connectivity index (χ4v) is 5.96. The van der Waals surface area contributed by atoms with Crippen molar-refractivity contribution in [3.05, 3.63) is 52.7 Å². The van der Waals surface area contributed by atoms with Gasteiger partial charge >= 0.3 is 0 Å². The minimum absolute atomic E-state index is 0.130. The van der Waals surface area contributed by atoms with Gasteiger partial charge in [0.25, 0.3) is 5.91 Å². The number of amides is 3. The Morgan fingerprint density at radius 2 is 1.91 bits per heavy atom. The highest BCUT2D eigenvalue weighted by molar-refractivity contribution is 7.17. The second-order valence-corrected chi connectivity index (χ2v) is 9.90. The first-order valence-corrected chi connectivity index (χ1v) is 12.4. The van der Waals surface area contributed by atoms with Crippen LogP contribution in [0.5, 0.6) is 0 Å². The van der Waals surface area contributed by atoms with Crippen LogP contribution >= 0.6 is 11.3 Å². The largest absolute Gasteiger partial charge is 0.353 e. The second-order valence-electron chi connectivity index (χ2n) is 8.99. The molecule has 6 rings (SSSR count). The number of fused-ring (bicyclic) bond motifs is 2. The van der Waals surface area contributed by atoms with Crippen LogP contribution in [0.25, 0.3) is 10.2 Å². The van der Waals surface area contributed by atoms with E-state index in [2.05, 4.69) is 36.5 Å². The molecule has 2 saturated heterocycles. The van der Waals surface area contributed by atoms with Crippen LogP contribution in [0.2, 0.25) is 0 Å². The van der Waals surface area contributed by atoms with Gasteiger partial charge in [-0.1, -0.05) is 12.1 Å². The number of rotatable bonds is 4. The Bertz CT molecular complexity index is 1300. The third kappa shape index (κ3) is 3.72. The quantitative estimate of drug-likeness (QED) is 0.573. The zero-order chi connectivity index (χ0) is 23.2. The Morgan fingerprint density at radius 3 is 2.74 bits per heavy atom. The summed E-state index contributed by atoms with van der Waals surface area (Å²) in [4.78, 5) is 51.9. The van der Waals surface area contributed by atoms with Gasteiger partial charge in [-0.3, -0.25) is 24.6 Å². The van der Waals surface area contributed by atoms with Crippen molar-refractivity contribution in [2.45, 2.75) is 32.0 Å². The Balaban J connectivity index is 1.10. The van der Waals surface area contributed by atoms with Crippen molar-refractivity contribution in [1.82, 2.24) is 25.1 Å². The van der Waals surface area contributed by atoms with Crippen molar-refractivity contribution in [1.29, 1.82) is 0 Å². The van der Waals surface area contributed by atoms with Gasteiger partial charge in [0.1, 0.15) is 18.2 Å². The summed E-state index contributed by atoms with van der Waals surface area (Å²) in [5.74, 6) is 0.241. The summed E-state index contributed by atoms with van der Waals surface area (Å²) in [5.41, 5.74) is 3.76. The predicted octanol–water partition coefficient (Wildman–Crippen LogP) is 1.77. The molecule has 5 heterocycles. The van der Waals surface area contributed by atoms with E-state index in [1.165, 1.54) is 0 Å². The summed E-state index contributed by atoms with van der Waals surface area (Å²) in [6.07, 6.45) is 2.28. The van der Waals surface area contributed by atoms with Gasteiger partial charge in [-0.2, -0.15) is 0 Å². The lowest BCUT2D eigenvalue weighted by Crippen LogP contribution is -2.52. The van der Waals surface area contributed by atoms with Gasteiger partial charge in [-0.25, -0.2) is 9.97 Å². The van der Waals surface area contributed by atoms with E-state index in [0.717, 1.165) is 59.9 Å². The monoisotopic (exact) mass is 476 g/mol. The maximum Gasteiger partial charge on any atom is 0.255 e. The topological polar surface area (TPSA) is 98.7 Å². The molecule has 9 nitrogen and oxygen atoms in total. The average molecular weight is 477 g/mol. The van der Waals surface area contributed by atoms with Crippen molar-refractivity contribution in [2.24, 2.45) is 0 Å². The van der Waals surface area contributed by atoms with Gasteiger partial charge < -0.3 is 9.80 Å². The number of carbonyl (C=O) groups excluding carboxylic acids is 3. The van der Waals surface area contributed by atoms with Gasteiger partial charge in [0, 0.05) is 51.3 Å². The van der Waals surface area contributed by atoms with Gasteiger partial charge in [-0.05, 0) is 35.1 Å². The first kappa shape index (κ1) is 21.2. The summed E-state index contributed by atoms with van der Waals surface area (Å²) in [5, 5.41) is 4.41. The molecule has 1 unspecified atom stereocenters. The molecule has 2 aromatic heterocycles. The molecule has 3 aromatic rings. The maximum atomic E-state index is 12.9. The number of anilines is 1. The first-order valence-electron chi connectivity index (χ1n) is 11.5. The smallest absolute Gasteiger partial charge is 0.255 e. The lowest BCUT2D eigenvalue weighted by atomic mass is 10.0. The fourth-order valence-electron chi connectivity index (χ4n) is 5.10. The Kier molecular flexibility index (Phi) is 5.26. The van der Waals surface area contributed by atoms with Gasteiger partial charge in [0.2, 0.25) is 11.8 Å². The van der Waals surface area contributed by atoms with Crippen LogP contribution in [0.3, 0.4) is 0 Å². The molecule has 3 aliphatic rings.